The van der Waals surface area contributed by atoms with Crippen molar-refractivity contribution >= 4 is 16.9 Å². The Balaban J connectivity index is 1.66. The molecule has 4 rings (SSSR count). The Labute approximate surface area is 151 Å². The zero-order valence-electron chi connectivity index (χ0n) is 14.7. The number of aromatic nitrogens is 6. The predicted molar refractivity (Wildman–Crippen MR) is 100 cm³/mol. The first-order valence-corrected chi connectivity index (χ1v) is 8.45. The molecule has 26 heavy (non-hydrogen) atoms. The number of nitrogens with two attached hydrogens (primary N) is 1. The Morgan fingerprint density at radius 1 is 1.00 bits per heavy atom. The van der Waals surface area contributed by atoms with E-state index in [4.69, 9.17) is 5.73 Å². The van der Waals surface area contributed by atoms with Crippen molar-refractivity contribution in [1.82, 2.24) is 29.5 Å². The van der Waals surface area contributed by atoms with Crippen molar-refractivity contribution in [2.24, 2.45) is 0 Å². The van der Waals surface area contributed by atoms with Crippen LogP contribution in [0.5, 0.6) is 0 Å². The maximum atomic E-state index is 5.75. The van der Waals surface area contributed by atoms with Crippen molar-refractivity contribution in [2.75, 3.05) is 5.73 Å². The molecule has 0 bridgehead atoms. The zero-order chi connectivity index (χ0) is 18.1. The summed E-state index contributed by atoms with van der Waals surface area (Å²) in [4.78, 5) is 21.9. The molecule has 0 fully saturated rings. The van der Waals surface area contributed by atoms with Crippen molar-refractivity contribution in [2.45, 2.75) is 26.3 Å². The standard InChI is InChI=1S/C19H19N7/c1-12(2)26-11-24-16-10-23-15(9-17(16)26)8-14-4-6-22-19(25-14)13-3-5-21-18(20)7-13/h3-7,9-12H,8H2,1-2H3,(H2,20,21). The molecule has 4 heterocycles. The molecule has 7 nitrogen and oxygen atoms in total. The van der Waals surface area contributed by atoms with E-state index in [-0.39, 0.29) is 0 Å². The number of hydrogen-bond acceptors (Lipinski definition) is 6. The summed E-state index contributed by atoms with van der Waals surface area (Å²) in [5.74, 6) is 1.08. The fourth-order valence-electron chi connectivity index (χ4n) is 2.89. The lowest BCUT2D eigenvalue weighted by Gasteiger charge is -2.09. The quantitative estimate of drug-likeness (QED) is 0.611. The van der Waals surface area contributed by atoms with Gasteiger partial charge in [-0.05, 0) is 38.1 Å². The molecule has 0 saturated heterocycles. The summed E-state index contributed by atoms with van der Waals surface area (Å²) in [5.41, 5.74) is 10.4. The third-order valence-electron chi connectivity index (χ3n) is 4.19. The molecule has 0 radical (unpaired) electrons. The highest BCUT2D eigenvalue weighted by molar-refractivity contribution is 5.74. The van der Waals surface area contributed by atoms with Gasteiger partial charge in [0.25, 0.3) is 0 Å². The molecule has 0 saturated carbocycles. The van der Waals surface area contributed by atoms with Crippen LogP contribution in [0.15, 0.2) is 49.2 Å². The Bertz CT molecular complexity index is 1070. The number of nitrogens with zero attached hydrogens (tertiary/aromatic N) is 6. The zero-order valence-corrected chi connectivity index (χ0v) is 14.7. The Morgan fingerprint density at radius 2 is 1.85 bits per heavy atom. The van der Waals surface area contributed by atoms with Gasteiger partial charge in [-0.25, -0.2) is 19.9 Å². The second-order valence-corrected chi connectivity index (χ2v) is 6.43. The van der Waals surface area contributed by atoms with Crippen LogP contribution in [0.1, 0.15) is 31.3 Å². The second-order valence-electron chi connectivity index (χ2n) is 6.43. The minimum atomic E-state index is 0.345. The van der Waals surface area contributed by atoms with Crippen LogP contribution < -0.4 is 5.73 Å². The van der Waals surface area contributed by atoms with Crippen LogP contribution in [-0.4, -0.2) is 29.5 Å². The highest BCUT2D eigenvalue weighted by Crippen LogP contribution is 2.20. The summed E-state index contributed by atoms with van der Waals surface area (Å²) in [5, 5.41) is 0. The lowest BCUT2D eigenvalue weighted by molar-refractivity contribution is 0.617. The van der Waals surface area contributed by atoms with E-state index < -0.39 is 0 Å². The lowest BCUT2D eigenvalue weighted by atomic mass is 10.2. The molecule has 2 N–H and O–H groups in total. The number of pyridine rings is 2. The molecule has 0 aliphatic heterocycles. The molecule has 0 spiro atoms. The fourth-order valence-corrected chi connectivity index (χ4v) is 2.89. The van der Waals surface area contributed by atoms with Crippen molar-refractivity contribution in [3.8, 4) is 11.4 Å². The summed E-state index contributed by atoms with van der Waals surface area (Å²) in [7, 11) is 0. The SMILES string of the molecule is CC(C)n1cnc2cnc(Cc3ccnc(-c4ccnc(N)c4)n3)cc21. The van der Waals surface area contributed by atoms with E-state index in [1.165, 1.54) is 0 Å². The fraction of sp³-hybridized carbons (Fsp3) is 0.211. The van der Waals surface area contributed by atoms with Crippen LogP contribution in [0.3, 0.4) is 0 Å². The van der Waals surface area contributed by atoms with Gasteiger partial charge in [0.2, 0.25) is 0 Å². The monoisotopic (exact) mass is 345 g/mol. The number of anilines is 1. The molecular formula is C19H19N7. The van der Waals surface area contributed by atoms with Crippen LogP contribution in [-0.2, 0) is 6.42 Å². The van der Waals surface area contributed by atoms with Gasteiger partial charge >= 0.3 is 0 Å². The summed E-state index contributed by atoms with van der Waals surface area (Å²) in [6.07, 6.45) is 7.70. The Morgan fingerprint density at radius 3 is 2.65 bits per heavy atom. The number of nitrogen functional groups attached to an aromatic ring is 1. The normalized spacial score (nSPS) is 11.3. The minimum absolute atomic E-state index is 0.345. The predicted octanol–water partition coefficient (Wildman–Crippen LogP) is 3.04. The van der Waals surface area contributed by atoms with E-state index in [9.17, 15) is 0 Å². The van der Waals surface area contributed by atoms with Crippen LogP contribution >= 0.6 is 0 Å². The van der Waals surface area contributed by atoms with Gasteiger partial charge in [-0.15, -0.1) is 0 Å². The van der Waals surface area contributed by atoms with Gasteiger partial charge in [-0.1, -0.05) is 0 Å². The van der Waals surface area contributed by atoms with Crippen LogP contribution in [0.2, 0.25) is 0 Å². The van der Waals surface area contributed by atoms with Crippen molar-refractivity contribution in [3.05, 3.63) is 60.6 Å². The summed E-state index contributed by atoms with van der Waals surface area (Å²) in [6, 6.07) is 7.94. The van der Waals surface area contributed by atoms with E-state index in [2.05, 4.69) is 49.4 Å². The first-order valence-electron chi connectivity index (χ1n) is 8.45. The number of imidazole rings is 1. The highest BCUT2D eigenvalue weighted by atomic mass is 15.1. The molecule has 7 heteroatoms. The van der Waals surface area contributed by atoms with Crippen molar-refractivity contribution in [1.29, 1.82) is 0 Å². The third-order valence-corrected chi connectivity index (χ3v) is 4.19. The molecule has 0 aliphatic rings. The third kappa shape index (κ3) is 3.11. The van der Waals surface area contributed by atoms with Crippen molar-refractivity contribution in [3.63, 3.8) is 0 Å². The summed E-state index contributed by atoms with van der Waals surface area (Å²) in [6.45, 7) is 4.27. The summed E-state index contributed by atoms with van der Waals surface area (Å²) < 4.78 is 2.14. The van der Waals surface area contributed by atoms with E-state index in [0.29, 0.717) is 24.1 Å². The minimum Gasteiger partial charge on any atom is -0.384 e. The number of rotatable bonds is 4. The molecule has 0 atom stereocenters. The molecule has 4 aromatic heterocycles. The number of fused-ring (bicyclic) bond motifs is 1. The summed E-state index contributed by atoms with van der Waals surface area (Å²) >= 11 is 0. The molecule has 4 aromatic rings. The van der Waals surface area contributed by atoms with Gasteiger partial charge in [-0.3, -0.25) is 4.98 Å². The first-order chi connectivity index (χ1) is 12.6. The van der Waals surface area contributed by atoms with Gasteiger partial charge < -0.3 is 10.3 Å². The Kier molecular flexibility index (Phi) is 4.04. The largest absolute Gasteiger partial charge is 0.384 e. The topological polar surface area (TPSA) is 95.4 Å². The molecule has 0 aromatic carbocycles. The van der Waals surface area contributed by atoms with Crippen LogP contribution in [0, 0.1) is 0 Å². The smallest absolute Gasteiger partial charge is 0.159 e. The van der Waals surface area contributed by atoms with Gasteiger partial charge in [-0.2, -0.15) is 0 Å². The first kappa shape index (κ1) is 16.1. The van der Waals surface area contributed by atoms with E-state index in [1.54, 1.807) is 18.5 Å². The van der Waals surface area contributed by atoms with Gasteiger partial charge in [0, 0.05) is 36.1 Å². The Hall–Kier alpha value is -3.35. The second kappa shape index (κ2) is 6.51. The molecular weight excluding hydrogens is 326 g/mol. The van der Waals surface area contributed by atoms with Gasteiger partial charge in [0.15, 0.2) is 5.82 Å². The van der Waals surface area contributed by atoms with Crippen molar-refractivity contribution < 1.29 is 0 Å². The molecule has 0 aliphatic carbocycles. The highest BCUT2D eigenvalue weighted by Gasteiger charge is 2.09. The molecule has 0 amide bonds. The average Bonchev–Trinajstić information content (AvgIpc) is 3.05. The van der Waals surface area contributed by atoms with Gasteiger partial charge in [0.1, 0.15) is 11.3 Å². The average molecular weight is 345 g/mol. The van der Waals surface area contributed by atoms with E-state index in [1.807, 2.05) is 24.7 Å². The number of hydrogen-bond donors (Lipinski definition) is 1. The van der Waals surface area contributed by atoms with Gasteiger partial charge in [0.05, 0.1) is 23.7 Å². The van der Waals surface area contributed by atoms with E-state index in [0.717, 1.165) is 28.0 Å². The van der Waals surface area contributed by atoms with E-state index >= 15 is 0 Å². The lowest BCUT2D eigenvalue weighted by Crippen LogP contribution is -2.01. The maximum Gasteiger partial charge on any atom is 0.159 e. The van der Waals surface area contributed by atoms with Crippen LogP contribution in [0.25, 0.3) is 22.4 Å². The molecule has 0 unspecified atom stereocenters. The van der Waals surface area contributed by atoms with Crippen LogP contribution in [0.4, 0.5) is 5.82 Å². The molecule has 130 valence electrons. The maximum absolute atomic E-state index is 5.75.